The second kappa shape index (κ2) is 9.71. The number of nitrogens with one attached hydrogen (secondary N) is 1. The van der Waals surface area contributed by atoms with Crippen molar-refractivity contribution in [2.45, 2.75) is 46.0 Å². The topological polar surface area (TPSA) is 32.3 Å². The van der Waals surface area contributed by atoms with Crippen LogP contribution in [-0.2, 0) is 11.2 Å². The minimum atomic E-state index is 0.341. The molecule has 23 heavy (non-hydrogen) atoms. The highest BCUT2D eigenvalue weighted by Crippen LogP contribution is 2.18. The zero-order valence-electron chi connectivity index (χ0n) is 14.8. The summed E-state index contributed by atoms with van der Waals surface area (Å²) in [6, 6.07) is 10.5. The third kappa shape index (κ3) is 6.74. The van der Waals surface area contributed by atoms with Crippen molar-refractivity contribution in [3.05, 3.63) is 35.9 Å². The molecule has 0 spiro atoms. The van der Waals surface area contributed by atoms with Crippen molar-refractivity contribution in [2.24, 2.45) is 11.8 Å². The molecule has 0 bridgehead atoms. The van der Waals surface area contributed by atoms with Gasteiger partial charge in [0.1, 0.15) is 0 Å². The predicted molar refractivity (Wildman–Crippen MR) is 96.4 cm³/mol. The van der Waals surface area contributed by atoms with Crippen molar-refractivity contribution in [3.8, 4) is 0 Å². The third-order valence-electron chi connectivity index (χ3n) is 4.68. The fraction of sp³-hybridized carbons (Fsp3) is 0.650. The molecule has 1 aliphatic rings. The summed E-state index contributed by atoms with van der Waals surface area (Å²) in [4.78, 5) is 14.7. The molecular weight excluding hydrogens is 284 g/mol. The summed E-state index contributed by atoms with van der Waals surface area (Å²) >= 11 is 0. The molecule has 0 atom stereocenters. The minimum absolute atomic E-state index is 0.341. The normalized spacial score (nSPS) is 15.8. The van der Waals surface area contributed by atoms with Gasteiger partial charge >= 0.3 is 0 Å². The Balaban J connectivity index is 1.81. The molecule has 1 saturated heterocycles. The molecule has 1 fully saturated rings. The highest BCUT2D eigenvalue weighted by atomic mass is 16.2. The van der Waals surface area contributed by atoms with Gasteiger partial charge in [-0.3, -0.25) is 4.79 Å². The lowest BCUT2D eigenvalue weighted by Gasteiger charge is -2.27. The van der Waals surface area contributed by atoms with Crippen LogP contribution in [0, 0.1) is 11.8 Å². The molecule has 1 aliphatic heterocycles. The van der Waals surface area contributed by atoms with Gasteiger partial charge in [0.2, 0.25) is 5.91 Å². The highest BCUT2D eigenvalue weighted by molar-refractivity contribution is 5.76. The van der Waals surface area contributed by atoms with Gasteiger partial charge in [0.15, 0.2) is 0 Å². The average Bonchev–Trinajstić information content (AvgIpc) is 2.58. The summed E-state index contributed by atoms with van der Waals surface area (Å²) in [5.41, 5.74) is 1.31. The maximum Gasteiger partial charge on any atom is 0.222 e. The number of nitrogens with zero attached hydrogens (tertiary/aromatic N) is 1. The van der Waals surface area contributed by atoms with Crippen molar-refractivity contribution in [1.82, 2.24) is 10.2 Å². The number of amides is 1. The molecule has 0 aliphatic carbocycles. The minimum Gasteiger partial charge on any atom is -0.342 e. The molecule has 0 unspecified atom stereocenters. The van der Waals surface area contributed by atoms with Gasteiger partial charge in [-0.2, -0.15) is 0 Å². The van der Waals surface area contributed by atoms with E-state index in [0.717, 1.165) is 44.9 Å². The van der Waals surface area contributed by atoms with E-state index in [9.17, 15) is 4.79 Å². The lowest BCUT2D eigenvalue weighted by atomic mass is 9.93. The number of hydrogen-bond donors (Lipinski definition) is 1. The second-order valence-electron chi connectivity index (χ2n) is 7.20. The van der Waals surface area contributed by atoms with Crippen LogP contribution in [0.3, 0.4) is 0 Å². The zero-order valence-corrected chi connectivity index (χ0v) is 14.8. The fourth-order valence-electron chi connectivity index (χ4n) is 3.32. The molecule has 3 heteroatoms. The number of carbonyl (C=O) groups excluding carboxylic acids is 1. The molecule has 2 rings (SSSR count). The van der Waals surface area contributed by atoms with Gasteiger partial charge in [-0.1, -0.05) is 44.2 Å². The molecule has 1 N–H and O–H groups in total. The van der Waals surface area contributed by atoms with Crippen LogP contribution in [0.25, 0.3) is 0 Å². The van der Waals surface area contributed by atoms with Crippen LogP contribution < -0.4 is 5.32 Å². The Morgan fingerprint density at radius 2 is 1.91 bits per heavy atom. The monoisotopic (exact) mass is 316 g/mol. The molecule has 1 heterocycles. The molecule has 1 aromatic rings. The van der Waals surface area contributed by atoms with Crippen molar-refractivity contribution in [2.75, 3.05) is 26.2 Å². The number of benzene rings is 1. The van der Waals surface area contributed by atoms with Gasteiger partial charge in [-0.25, -0.2) is 0 Å². The van der Waals surface area contributed by atoms with Gasteiger partial charge in [-0.05, 0) is 56.2 Å². The lowest BCUT2D eigenvalue weighted by Crippen LogP contribution is -2.36. The zero-order chi connectivity index (χ0) is 16.5. The van der Waals surface area contributed by atoms with Crippen LogP contribution in [0.1, 0.15) is 45.1 Å². The molecule has 3 nitrogen and oxygen atoms in total. The quantitative estimate of drug-likeness (QED) is 0.796. The van der Waals surface area contributed by atoms with E-state index in [2.05, 4.69) is 48.3 Å². The summed E-state index contributed by atoms with van der Waals surface area (Å²) in [5, 5.41) is 3.39. The maximum absolute atomic E-state index is 12.7. The summed E-state index contributed by atoms with van der Waals surface area (Å²) in [5.74, 6) is 1.59. The Hall–Kier alpha value is -1.35. The Morgan fingerprint density at radius 1 is 1.22 bits per heavy atom. The van der Waals surface area contributed by atoms with Crippen LogP contribution in [0.4, 0.5) is 0 Å². The number of carbonyl (C=O) groups is 1. The summed E-state index contributed by atoms with van der Waals surface area (Å²) in [6.07, 6.45) is 5.17. The Labute approximate surface area is 141 Å². The first-order chi connectivity index (χ1) is 11.1. The first kappa shape index (κ1) is 18.0. The second-order valence-corrected chi connectivity index (χ2v) is 7.20. The lowest BCUT2D eigenvalue weighted by molar-refractivity contribution is -0.132. The molecule has 0 aromatic heterocycles. The van der Waals surface area contributed by atoms with Crippen molar-refractivity contribution < 1.29 is 4.79 Å². The van der Waals surface area contributed by atoms with Crippen LogP contribution >= 0.6 is 0 Å². The molecule has 0 radical (unpaired) electrons. The third-order valence-corrected chi connectivity index (χ3v) is 4.68. The largest absolute Gasteiger partial charge is 0.342 e. The molecular formula is C20H32N2O. The van der Waals surface area contributed by atoms with E-state index in [1.165, 1.54) is 18.4 Å². The average molecular weight is 316 g/mol. The first-order valence-electron chi connectivity index (χ1n) is 9.17. The Bertz CT molecular complexity index is 452. The Morgan fingerprint density at radius 3 is 2.57 bits per heavy atom. The summed E-state index contributed by atoms with van der Waals surface area (Å²) in [7, 11) is 0. The van der Waals surface area contributed by atoms with Crippen molar-refractivity contribution >= 4 is 5.91 Å². The van der Waals surface area contributed by atoms with E-state index >= 15 is 0 Å². The number of rotatable bonds is 8. The van der Waals surface area contributed by atoms with Crippen LogP contribution in [0.2, 0.25) is 0 Å². The molecule has 128 valence electrons. The predicted octanol–water partition coefficient (Wildman–Crippen LogP) is 3.49. The van der Waals surface area contributed by atoms with Gasteiger partial charge in [0, 0.05) is 19.5 Å². The maximum atomic E-state index is 12.7. The van der Waals surface area contributed by atoms with Gasteiger partial charge in [0.05, 0.1) is 0 Å². The van der Waals surface area contributed by atoms with E-state index < -0.39 is 0 Å². The van der Waals surface area contributed by atoms with Crippen LogP contribution in [-0.4, -0.2) is 37.0 Å². The van der Waals surface area contributed by atoms with Gasteiger partial charge < -0.3 is 10.2 Å². The summed E-state index contributed by atoms with van der Waals surface area (Å²) in [6.45, 7) is 8.32. The van der Waals surface area contributed by atoms with E-state index in [4.69, 9.17) is 0 Å². The van der Waals surface area contributed by atoms with Crippen molar-refractivity contribution in [3.63, 3.8) is 0 Å². The first-order valence-corrected chi connectivity index (χ1v) is 9.17. The standard InChI is InChI=1S/C20H32N2O/c1-17(2)16-22(15-12-18-6-4-3-5-7-18)20(23)9-8-19-10-13-21-14-11-19/h3-7,17,19,21H,8-16H2,1-2H3. The van der Waals surface area contributed by atoms with E-state index in [1.807, 2.05) is 6.07 Å². The summed E-state index contributed by atoms with van der Waals surface area (Å²) < 4.78 is 0. The SMILES string of the molecule is CC(C)CN(CCc1ccccc1)C(=O)CCC1CCNCC1. The van der Waals surface area contributed by atoms with E-state index in [1.54, 1.807) is 0 Å². The number of piperidine rings is 1. The Kier molecular flexibility index (Phi) is 7.60. The fourth-order valence-corrected chi connectivity index (χ4v) is 3.32. The van der Waals surface area contributed by atoms with Gasteiger partial charge in [-0.15, -0.1) is 0 Å². The molecule has 1 amide bonds. The highest BCUT2D eigenvalue weighted by Gasteiger charge is 2.18. The van der Waals surface area contributed by atoms with E-state index in [-0.39, 0.29) is 0 Å². The van der Waals surface area contributed by atoms with E-state index in [0.29, 0.717) is 18.2 Å². The van der Waals surface area contributed by atoms with Crippen LogP contribution in [0.15, 0.2) is 30.3 Å². The number of hydrogen-bond acceptors (Lipinski definition) is 2. The molecule has 1 aromatic carbocycles. The molecule has 0 saturated carbocycles. The van der Waals surface area contributed by atoms with Gasteiger partial charge in [0.25, 0.3) is 0 Å². The van der Waals surface area contributed by atoms with Crippen LogP contribution in [0.5, 0.6) is 0 Å². The smallest absolute Gasteiger partial charge is 0.222 e. The van der Waals surface area contributed by atoms with Crippen molar-refractivity contribution in [1.29, 1.82) is 0 Å².